The van der Waals surface area contributed by atoms with E-state index in [0.717, 1.165) is 25.9 Å². The molecule has 1 aliphatic heterocycles. The van der Waals surface area contributed by atoms with E-state index in [2.05, 4.69) is 11.4 Å². The van der Waals surface area contributed by atoms with E-state index in [9.17, 15) is 9.18 Å². The predicted octanol–water partition coefficient (Wildman–Crippen LogP) is 3.68. The highest BCUT2D eigenvalue weighted by atomic mass is 19.1. The monoisotopic (exact) mass is 432 g/mol. The number of aromatic nitrogens is 2. The summed E-state index contributed by atoms with van der Waals surface area (Å²) in [7, 11) is 3.11. The molecular weight excluding hydrogens is 407 g/mol. The molecule has 1 N–H and O–H groups in total. The Kier molecular flexibility index (Phi) is 6.33. The smallest absolute Gasteiger partial charge is 0.261 e. The van der Waals surface area contributed by atoms with Crippen LogP contribution in [0.2, 0.25) is 0 Å². The molecule has 1 fully saturated rings. The second kappa shape index (κ2) is 9.33. The molecule has 2 aromatic carbocycles. The molecule has 1 atom stereocenters. The lowest BCUT2D eigenvalue weighted by Gasteiger charge is -2.16. The van der Waals surface area contributed by atoms with E-state index in [1.165, 1.54) is 19.2 Å². The summed E-state index contributed by atoms with van der Waals surface area (Å²) in [6, 6.07) is 13.5. The molecule has 0 saturated carbocycles. The van der Waals surface area contributed by atoms with Crippen molar-refractivity contribution in [3.05, 3.63) is 70.0 Å². The highest BCUT2D eigenvalue weighted by Crippen LogP contribution is 2.31. The minimum Gasteiger partial charge on any atom is -0.494 e. The third-order valence-corrected chi connectivity index (χ3v) is 6.05. The van der Waals surface area contributed by atoms with Crippen LogP contribution in [0.3, 0.4) is 0 Å². The van der Waals surface area contributed by atoms with Gasteiger partial charge in [0.15, 0.2) is 11.6 Å². The van der Waals surface area contributed by atoms with Crippen LogP contribution in [0.4, 0.5) is 4.39 Å². The molecule has 1 aromatic heterocycles. The van der Waals surface area contributed by atoms with Crippen LogP contribution in [-0.4, -0.2) is 29.8 Å². The van der Waals surface area contributed by atoms with Crippen LogP contribution >= 0.6 is 0 Å². The number of aryl methyl sites for hydroxylation is 1. The summed E-state index contributed by atoms with van der Waals surface area (Å²) in [6.07, 6.45) is 2.74. The lowest BCUT2D eigenvalue weighted by molar-refractivity contribution is 0.386. The first-order valence-corrected chi connectivity index (χ1v) is 10.7. The molecule has 6 nitrogen and oxygen atoms in total. The Bertz CT molecular complexity index is 1220. The second-order valence-corrected chi connectivity index (χ2v) is 8.05. The molecule has 32 heavy (non-hydrogen) atoms. The third-order valence-electron chi connectivity index (χ3n) is 6.05. The average Bonchev–Trinajstić information content (AvgIpc) is 3.33. The van der Waals surface area contributed by atoms with Crippen molar-refractivity contribution in [3.8, 4) is 34.2 Å². The molecule has 0 radical (unpaired) electrons. The van der Waals surface area contributed by atoms with E-state index < -0.39 is 5.82 Å². The van der Waals surface area contributed by atoms with E-state index in [4.69, 9.17) is 15.0 Å². The van der Waals surface area contributed by atoms with Crippen molar-refractivity contribution in [2.75, 3.05) is 20.2 Å². The summed E-state index contributed by atoms with van der Waals surface area (Å²) in [6.45, 7) is 2.01. The Hall–Kier alpha value is -3.50. The topological polar surface area (TPSA) is 79.9 Å². The number of rotatable bonds is 6. The van der Waals surface area contributed by atoms with E-state index in [1.54, 1.807) is 41.9 Å². The Labute approximate surface area is 186 Å². The van der Waals surface area contributed by atoms with Crippen LogP contribution in [-0.2, 0) is 13.5 Å². The van der Waals surface area contributed by atoms with Gasteiger partial charge in [-0.1, -0.05) is 18.2 Å². The van der Waals surface area contributed by atoms with Gasteiger partial charge in [-0.3, -0.25) is 9.36 Å². The van der Waals surface area contributed by atoms with Crippen molar-refractivity contribution >= 4 is 0 Å². The molecule has 0 amide bonds. The molecule has 4 rings (SSSR count). The van der Waals surface area contributed by atoms with E-state index in [0.29, 0.717) is 46.1 Å². The maximum Gasteiger partial charge on any atom is 0.261 e. The Morgan fingerprint density at radius 1 is 1.25 bits per heavy atom. The van der Waals surface area contributed by atoms with Gasteiger partial charge in [-0.05, 0) is 61.7 Å². The van der Waals surface area contributed by atoms with Crippen LogP contribution in [0.25, 0.3) is 22.4 Å². The van der Waals surface area contributed by atoms with Gasteiger partial charge in [0.1, 0.15) is 5.82 Å². The highest BCUT2D eigenvalue weighted by molar-refractivity contribution is 5.80. The molecule has 0 spiro atoms. The van der Waals surface area contributed by atoms with Gasteiger partial charge in [0.05, 0.1) is 30.0 Å². The van der Waals surface area contributed by atoms with Crippen molar-refractivity contribution in [1.29, 1.82) is 5.26 Å². The van der Waals surface area contributed by atoms with Gasteiger partial charge in [0.2, 0.25) is 0 Å². The van der Waals surface area contributed by atoms with Crippen LogP contribution in [0.15, 0.2) is 47.3 Å². The first-order chi connectivity index (χ1) is 15.5. The summed E-state index contributed by atoms with van der Waals surface area (Å²) >= 11 is 0. The maximum atomic E-state index is 14.5. The number of halogens is 1. The lowest BCUT2D eigenvalue weighted by Crippen LogP contribution is -2.25. The summed E-state index contributed by atoms with van der Waals surface area (Å²) in [4.78, 5) is 18.3. The average molecular weight is 432 g/mol. The Balaban J connectivity index is 1.85. The minimum atomic E-state index is -0.546. The number of hydrogen-bond donors (Lipinski definition) is 1. The minimum absolute atomic E-state index is 0.111. The molecule has 3 aromatic rings. The number of nitrogens with zero attached hydrogens (tertiary/aromatic N) is 3. The number of benzene rings is 2. The van der Waals surface area contributed by atoms with Crippen LogP contribution in [0, 0.1) is 23.1 Å². The van der Waals surface area contributed by atoms with Crippen molar-refractivity contribution in [3.63, 3.8) is 0 Å². The van der Waals surface area contributed by atoms with Crippen molar-refractivity contribution in [1.82, 2.24) is 14.9 Å². The first kappa shape index (κ1) is 21.7. The fraction of sp³-hybridized carbons (Fsp3) is 0.320. The quantitative estimate of drug-likeness (QED) is 0.643. The van der Waals surface area contributed by atoms with Crippen LogP contribution in [0.1, 0.15) is 24.2 Å². The van der Waals surface area contributed by atoms with E-state index in [-0.39, 0.29) is 11.3 Å². The van der Waals surface area contributed by atoms with Gasteiger partial charge in [0.25, 0.3) is 5.56 Å². The molecule has 0 aliphatic carbocycles. The van der Waals surface area contributed by atoms with Crippen molar-refractivity contribution in [2.24, 2.45) is 13.0 Å². The molecular formula is C25H25FN4O2. The SMILES string of the molecule is COc1ccc(-c2c(-c3ccc(C#N)cc3)nc(CC[C@@H]3CCNC3)n(C)c2=O)cc1F. The Morgan fingerprint density at radius 3 is 2.62 bits per heavy atom. The zero-order valence-electron chi connectivity index (χ0n) is 18.2. The van der Waals surface area contributed by atoms with E-state index in [1.807, 2.05) is 0 Å². The van der Waals surface area contributed by atoms with E-state index >= 15 is 0 Å². The zero-order valence-corrected chi connectivity index (χ0v) is 18.2. The summed E-state index contributed by atoms with van der Waals surface area (Å²) in [5.41, 5.74) is 2.23. The molecule has 2 heterocycles. The third kappa shape index (κ3) is 4.27. The molecule has 0 unspecified atom stereocenters. The number of nitriles is 1. The molecule has 0 bridgehead atoms. The molecule has 1 aliphatic rings. The van der Waals surface area contributed by atoms with Gasteiger partial charge < -0.3 is 10.1 Å². The standard InChI is InChI=1S/C25H25FN4O2/c1-30-22(10-5-17-11-12-28-15-17)29-24(18-6-3-16(14-27)4-7-18)23(25(30)31)19-8-9-21(32-2)20(26)13-19/h3-4,6-9,13,17,28H,5,10-12,15H2,1-2H3/t17-/m1/s1. The molecule has 164 valence electrons. The summed E-state index contributed by atoms with van der Waals surface area (Å²) in [5, 5.41) is 12.5. The Morgan fingerprint density at radius 2 is 2.00 bits per heavy atom. The predicted molar refractivity (Wildman–Crippen MR) is 121 cm³/mol. The first-order valence-electron chi connectivity index (χ1n) is 10.7. The molecule has 1 saturated heterocycles. The summed E-state index contributed by atoms with van der Waals surface area (Å²) < 4.78 is 21.1. The fourth-order valence-corrected chi connectivity index (χ4v) is 4.16. The fourth-order valence-electron chi connectivity index (χ4n) is 4.16. The van der Waals surface area contributed by atoms with Gasteiger partial charge in [0, 0.05) is 19.0 Å². The van der Waals surface area contributed by atoms with Crippen LogP contribution in [0.5, 0.6) is 5.75 Å². The molecule has 7 heteroatoms. The van der Waals surface area contributed by atoms with Crippen LogP contribution < -0.4 is 15.6 Å². The second-order valence-electron chi connectivity index (χ2n) is 8.05. The number of ether oxygens (including phenoxy) is 1. The highest BCUT2D eigenvalue weighted by Gasteiger charge is 2.21. The summed E-state index contributed by atoms with van der Waals surface area (Å²) in [5.74, 6) is 0.829. The number of methoxy groups -OCH3 is 1. The number of nitrogens with one attached hydrogen (secondary N) is 1. The lowest BCUT2D eigenvalue weighted by atomic mass is 9.98. The zero-order chi connectivity index (χ0) is 22.7. The van der Waals surface area contributed by atoms with Crippen molar-refractivity contribution < 1.29 is 9.13 Å². The van der Waals surface area contributed by atoms with Gasteiger partial charge in [-0.2, -0.15) is 5.26 Å². The number of hydrogen-bond acceptors (Lipinski definition) is 5. The van der Waals surface area contributed by atoms with Gasteiger partial charge in [-0.15, -0.1) is 0 Å². The maximum absolute atomic E-state index is 14.5. The normalized spacial score (nSPS) is 15.5. The van der Waals surface area contributed by atoms with Gasteiger partial charge >= 0.3 is 0 Å². The van der Waals surface area contributed by atoms with Crippen molar-refractivity contribution in [2.45, 2.75) is 19.3 Å². The van der Waals surface area contributed by atoms with Gasteiger partial charge in [-0.25, -0.2) is 9.37 Å². The largest absolute Gasteiger partial charge is 0.494 e.